The number of rotatable bonds is 2. The van der Waals surface area contributed by atoms with Gasteiger partial charge >= 0.3 is 11.9 Å². The molecule has 0 heterocycles. The van der Waals surface area contributed by atoms with Gasteiger partial charge in [-0.1, -0.05) is 0 Å². The van der Waals surface area contributed by atoms with Crippen LogP contribution in [0.2, 0.25) is 0 Å². The van der Waals surface area contributed by atoms with Gasteiger partial charge in [0, 0.05) is 0 Å². The van der Waals surface area contributed by atoms with Gasteiger partial charge < -0.3 is 10.2 Å². The molecule has 2 rings (SSSR count). The van der Waals surface area contributed by atoms with Crippen LogP contribution in [0.25, 0.3) is 0 Å². The molecule has 2 aromatic rings. The summed E-state index contributed by atoms with van der Waals surface area (Å²) in [6.07, 6.45) is 0. The Balaban J connectivity index is 0.000000251. The summed E-state index contributed by atoms with van der Waals surface area (Å²) >= 11 is 1.38. The summed E-state index contributed by atoms with van der Waals surface area (Å²) < 4.78 is 74.7. The summed E-state index contributed by atoms with van der Waals surface area (Å²) in [6, 6.07) is 1.95. The minimum Gasteiger partial charge on any atom is -0.478 e. The van der Waals surface area contributed by atoms with E-state index in [-0.39, 0.29) is 3.57 Å². The summed E-state index contributed by atoms with van der Waals surface area (Å²) in [4.78, 5) is 20.5. The summed E-state index contributed by atoms with van der Waals surface area (Å²) in [7, 11) is 0. The average Bonchev–Trinajstić information content (AvgIpc) is 2.54. The molecule has 0 atom stereocenters. The van der Waals surface area contributed by atoms with Crippen molar-refractivity contribution in [3.8, 4) is 0 Å². The molecule has 0 aliphatic heterocycles. The van der Waals surface area contributed by atoms with E-state index in [4.69, 9.17) is 10.2 Å². The Labute approximate surface area is 148 Å². The van der Waals surface area contributed by atoms with Crippen molar-refractivity contribution in [2.45, 2.75) is 0 Å². The first-order valence-electron chi connectivity index (χ1n) is 5.92. The lowest BCUT2D eigenvalue weighted by Gasteiger charge is -2.01. The maximum atomic E-state index is 12.7. The van der Waals surface area contributed by atoms with E-state index in [9.17, 15) is 35.9 Å². The second-order valence-corrected chi connectivity index (χ2v) is 5.34. The van der Waals surface area contributed by atoms with Crippen molar-refractivity contribution in [2.24, 2.45) is 0 Å². The van der Waals surface area contributed by atoms with Gasteiger partial charge in [0.2, 0.25) is 0 Å². The third-order valence-electron chi connectivity index (χ3n) is 2.60. The first kappa shape index (κ1) is 20.7. The molecule has 2 aromatic carbocycles. The van der Waals surface area contributed by atoms with Crippen LogP contribution < -0.4 is 0 Å². The first-order chi connectivity index (χ1) is 11.5. The number of benzene rings is 2. The predicted molar refractivity (Wildman–Crippen MR) is 79.3 cm³/mol. The van der Waals surface area contributed by atoms with E-state index in [1.165, 1.54) is 22.6 Å². The zero-order valence-electron chi connectivity index (χ0n) is 11.6. The molecule has 0 aliphatic carbocycles. The van der Waals surface area contributed by atoms with Crippen LogP contribution in [0.3, 0.4) is 0 Å². The topological polar surface area (TPSA) is 74.6 Å². The Hall–Kier alpha value is -2.31. The van der Waals surface area contributed by atoms with E-state index in [0.29, 0.717) is 12.1 Å². The van der Waals surface area contributed by atoms with Crippen molar-refractivity contribution in [1.29, 1.82) is 0 Å². The molecule has 0 saturated heterocycles. The number of hydrogen-bond acceptors (Lipinski definition) is 2. The van der Waals surface area contributed by atoms with Crippen LogP contribution in [0.5, 0.6) is 0 Å². The van der Waals surface area contributed by atoms with Crippen LogP contribution in [0.1, 0.15) is 20.7 Å². The lowest BCUT2D eigenvalue weighted by atomic mass is 10.2. The number of carbonyl (C=O) groups is 2. The Morgan fingerprint density at radius 3 is 1.68 bits per heavy atom. The van der Waals surface area contributed by atoms with Gasteiger partial charge in [-0.15, -0.1) is 0 Å². The van der Waals surface area contributed by atoms with Gasteiger partial charge in [-0.25, -0.2) is 35.9 Å². The highest BCUT2D eigenvalue weighted by atomic mass is 127. The van der Waals surface area contributed by atoms with Crippen molar-refractivity contribution in [1.82, 2.24) is 0 Å². The smallest absolute Gasteiger partial charge is 0.338 e. The van der Waals surface area contributed by atoms with Crippen LogP contribution in [0, 0.1) is 38.5 Å². The lowest BCUT2D eigenvalue weighted by molar-refractivity contribution is 0.0679. The van der Waals surface area contributed by atoms with Gasteiger partial charge in [0.1, 0.15) is 0 Å². The van der Waals surface area contributed by atoms with Gasteiger partial charge in [0.15, 0.2) is 34.9 Å². The van der Waals surface area contributed by atoms with Crippen LogP contribution in [0.4, 0.5) is 26.3 Å². The molecular weight excluding hydrogens is 473 g/mol. The fraction of sp³-hybridized carbons (Fsp3) is 0. The fourth-order valence-corrected chi connectivity index (χ4v) is 1.97. The summed E-state index contributed by atoms with van der Waals surface area (Å²) in [5, 5.41) is 16.6. The molecule has 25 heavy (non-hydrogen) atoms. The van der Waals surface area contributed by atoms with E-state index >= 15 is 0 Å². The highest BCUT2D eigenvalue weighted by molar-refractivity contribution is 14.1. The largest absolute Gasteiger partial charge is 0.478 e. The number of aromatic carboxylic acids is 2. The molecule has 0 fully saturated rings. The quantitative estimate of drug-likeness (QED) is 0.294. The molecule has 2 N–H and O–H groups in total. The third-order valence-corrected chi connectivity index (χ3v) is 3.38. The third kappa shape index (κ3) is 4.61. The molecule has 0 aliphatic rings. The molecular formula is C14H5F6IO4. The van der Waals surface area contributed by atoms with Crippen LogP contribution in [0.15, 0.2) is 18.2 Å². The SMILES string of the molecule is O=C(O)c1cc(I)c(F)c(F)c1F.O=C(O)c1ccc(F)c(F)c1F. The van der Waals surface area contributed by atoms with Crippen molar-refractivity contribution in [2.75, 3.05) is 0 Å². The van der Waals surface area contributed by atoms with Crippen molar-refractivity contribution in [3.05, 3.63) is 67.8 Å². The molecule has 0 saturated carbocycles. The Kier molecular flexibility index (Phi) is 6.78. The minimum atomic E-state index is -1.77. The number of hydrogen-bond donors (Lipinski definition) is 2. The molecule has 0 radical (unpaired) electrons. The van der Waals surface area contributed by atoms with Crippen LogP contribution >= 0.6 is 22.6 Å². The second-order valence-electron chi connectivity index (χ2n) is 4.18. The maximum Gasteiger partial charge on any atom is 0.338 e. The fourth-order valence-electron chi connectivity index (χ4n) is 1.42. The van der Waals surface area contributed by atoms with Crippen LogP contribution in [-0.2, 0) is 0 Å². The van der Waals surface area contributed by atoms with E-state index in [1.807, 2.05) is 0 Å². The van der Waals surface area contributed by atoms with Crippen molar-refractivity contribution >= 4 is 34.5 Å². The second kappa shape index (κ2) is 8.18. The molecule has 4 nitrogen and oxygen atoms in total. The van der Waals surface area contributed by atoms with E-state index in [1.54, 1.807) is 0 Å². The minimum absolute atomic E-state index is 0.270. The van der Waals surface area contributed by atoms with E-state index in [2.05, 4.69) is 0 Å². The normalized spacial score (nSPS) is 10.0. The standard InChI is InChI=1S/C7H2F3IO2.C7H3F3O2/c8-4-2(7(12)13)1-3(11)5(9)6(4)10;8-4-2-1-3(7(11)12)5(9)6(4)10/h1H,(H,12,13);1-2H,(H,11,12). The van der Waals surface area contributed by atoms with Crippen LogP contribution in [-0.4, -0.2) is 22.2 Å². The number of halogens is 7. The van der Waals surface area contributed by atoms with Gasteiger partial charge in [-0.3, -0.25) is 0 Å². The first-order valence-corrected chi connectivity index (χ1v) is 7.00. The molecule has 0 unspecified atom stereocenters. The van der Waals surface area contributed by atoms with Crippen molar-refractivity contribution in [3.63, 3.8) is 0 Å². The molecule has 0 spiro atoms. The molecule has 0 amide bonds. The zero-order valence-corrected chi connectivity index (χ0v) is 13.7. The molecule has 0 aromatic heterocycles. The molecule has 0 bridgehead atoms. The highest BCUT2D eigenvalue weighted by Gasteiger charge is 2.21. The Bertz CT molecular complexity index is 856. The summed E-state index contributed by atoms with van der Waals surface area (Å²) in [6.45, 7) is 0. The van der Waals surface area contributed by atoms with Crippen molar-refractivity contribution < 1.29 is 46.1 Å². The highest BCUT2D eigenvalue weighted by Crippen LogP contribution is 2.21. The lowest BCUT2D eigenvalue weighted by Crippen LogP contribution is -2.06. The van der Waals surface area contributed by atoms with Gasteiger partial charge in [-0.05, 0) is 40.8 Å². The zero-order chi connectivity index (χ0) is 19.5. The average molecular weight is 478 g/mol. The number of carboxylic acids is 2. The maximum absolute atomic E-state index is 12.7. The summed E-state index contributed by atoms with van der Waals surface area (Å²) in [5.74, 6) is -12.9. The Morgan fingerprint density at radius 1 is 0.720 bits per heavy atom. The summed E-state index contributed by atoms with van der Waals surface area (Å²) in [5.41, 5.74) is -1.75. The number of carboxylic acid groups (broad SMARTS) is 2. The van der Waals surface area contributed by atoms with E-state index < -0.39 is 58.0 Å². The van der Waals surface area contributed by atoms with Gasteiger partial charge in [0.05, 0.1) is 14.7 Å². The molecule has 11 heteroatoms. The van der Waals surface area contributed by atoms with E-state index in [0.717, 1.165) is 6.07 Å². The predicted octanol–water partition coefficient (Wildman–Crippen LogP) is 4.21. The Morgan fingerprint density at radius 2 is 1.20 bits per heavy atom. The molecule has 134 valence electrons. The van der Waals surface area contributed by atoms with Gasteiger partial charge in [-0.2, -0.15) is 0 Å². The monoisotopic (exact) mass is 478 g/mol. The van der Waals surface area contributed by atoms with Gasteiger partial charge in [0.25, 0.3) is 0 Å².